The van der Waals surface area contributed by atoms with Crippen molar-refractivity contribution in [3.8, 4) is 0 Å². The second kappa shape index (κ2) is 3.76. The van der Waals surface area contributed by atoms with Crippen LogP contribution < -0.4 is 5.32 Å². The summed E-state index contributed by atoms with van der Waals surface area (Å²) in [7, 11) is 0. The fraction of sp³-hybridized carbons (Fsp3) is 0.909. The van der Waals surface area contributed by atoms with Crippen molar-refractivity contribution in [2.45, 2.75) is 52.1 Å². The molecule has 1 fully saturated rings. The normalized spacial score (nSPS) is 28.5. The van der Waals surface area contributed by atoms with Crippen LogP contribution in [0.1, 0.15) is 40.0 Å². The summed E-state index contributed by atoms with van der Waals surface area (Å²) in [4.78, 5) is 4.75. The summed E-state index contributed by atoms with van der Waals surface area (Å²) in [6, 6.07) is 1.22. The molecule has 0 aromatic carbocycles. The lowest BCUT2D eigenvalue weighted by Gasteiger charge is -2.27. The van der Waals surface area contributed by atoms with Gasteiger partial charge in [0, 0.05) is 11.8 Å². The lowest BCUT2D eigenvalue weighted by atomic mass is 9.88. The molecule has 1 aliphatic heterocycles. The summed E-state index contributed by atoms with van der Waals surface area (Å²) < 4.78 is 0. The van der Waals surface area contributed by atoms with Crippen molar-refractivity contribution in [1.29, 1.82) is 0 Å². The summed E-state index contributed by atoms with van der Waals surface area (Å²) in [6.45, 7) is 6.82. The minimum Gasteiger partial charge on any atom is -0.362 e. The molecular formula is C11H20N2S. The Morgan fingerprint density at radius 2 is 2.07 bits per heavy atom. The lowest BCUT2D eigenvalue weighted by molar-refractivity contribution is 0.346. The molecule has 0 radical (unpaired) electrons. The smallest absolute Gasteiger partial charge is 0.157 e. The van der Waals surface area contributed by atoms with Gasteiger partial charge in [-0.2, -0.15) is 0 Å². The van der Waals surface area contributed by atoms with Crippen molar-refractivity contribution < 1.29 is 0 Å². The van der Waals surface area contributed by atoms with Crippen molar-refractivity contribution in [1.82, 2.24) is 5.32 Å². The standard InChI is InChI=1S/C11H20N2S/c1-11(2,3)9-7-14-10(13-9)12-8-5-4-6-8/h8-9H,4-7H2,1-3H3,(H,12,13). The molecule has 0 spiro atoms. The van der Waals surface area contributed by atoms with Crippen LogP contribution in [0.3, 0.4) is 0 Å². The molecule has 2 nitrogen and oxygen atoms in total. The molecule has 3 heteroatoms. The van der Waals surface area contributed by atoms with Gasteiger partial charge in [0.1, 0.15) is 0 Å². The molecule has 2 aliphatic rings. The molecule has 0 aromatic rings. The van der Waals surface area contributed by atoms with Crippen molar-refractivity contribution in [2.75, 3.05) is 5.75 Å². The third kappa shape index (κ3) is 2.25. The largest absolute Gasteiger partial charge is 0.362 e. The fourth-order valence-corrected chi connectivity index (χ4v) is 2.97. The van der Waals surface area contributed by atoms with E-state index >= 15 is 0 Å². The monoisotopic (exact) mass is 212 g/mol. The Bertz CT molecular complexity index is 238. The minimum atomic E-state index is 0.316. The van der Waals surface area contributed by atoms with Crippen LogP contribution in [0.5, 0.6) is 0 Å². The average molecular weight is 212 g/mol. The van der Waals surface area contributed by atoms with E-state index in [4.69, 9.17) is 4.99 Å². The molecular weight excluding hydrogens is 192 g/mol. The molecule has 2 rings (SSSR count). The summed E-state index contributed by atoms with van der Waals surface area (Å²) >= 11 is 1.89. The number of nitrogens with one attached hydrogen (secondary N) is 1. The maximum absolute atomic E-state index is 4.75. The number of thioether (sulfide) groups is 1. The quantitative estimate of drug-likeness (QED) is 0.722. The molecule has 80 valence electrons. The van der Waals surface area contributed by atoms with Crippen molar-refractivity contribution in [3.05, 3.63) is 0 Å². The first-order chi connectivity index (χ1) is 6.55. The first kappa shape index (κ1) is 10.3. The third-order valence-electron chi connectivity index (χ3n) is 3.08. The zero-order chi connectivity index (χ0) is 10.2. The van der Waals surface area contributed by atoms with Crippen LogP contribution in [0.4, 0.5) is 0 Å². The van der Waals surface area contributed by atoms with Crippen molar-refractivity contribution in [3.63, 3.8) is 0 Å². The van der Waals surface area contributed by atoms with Gasteiger partial charge in [-0.15, -0.1) is 0 Å². The van der Waals surface area contributed by atoms with Gasteiger partial charge in [0.25, 0.3) is 0 Å². The molecule has 1 heterocycles. The number of rotatable bonds is 1. The minimum absolute atomic E-state index is 0.316. The molecule has 1 aliphatic carbocycles. The van der Waals surface area contributed by atoms with E-state index in [1.54, 1.807) is 0 Å². The number of nitrogens with zero attached hydrogens (tertiary/aromatic N) is 1. The Balaban J connectivity index is 1.88. The van der Waals surface area contributed by atoms with E-state index in [9.17, 15) is 0 Å². The second-order valence-electron chi connectivity index (χ2n) is 5.40. The van der Waals surface area contributed by atoms with Crippen molar-refractivity contribution >= 4 is 16.9 Å². The van der Waals surface area contributed by atoms with Gasteiger partial charge >= 0.3 is 0 Å². The van der Waals surface area contributed by atoms with E-state index in [2.05, 4.69) is 26.1 Å². The fourth-order valence-electron chi connectivity index (χ4n) is 1.62. The van der Waals surface area contributed by atoms with Crippen LogP contribution >= 0.6 is 11.8 Å². The Morgan fingerprint density at radius 1 is 1.36 bits per heavy atom. The average Bonchev–Trinajstić information content (AvgIpc) is 2.43. The predicted molar refractivity (Wildman–Crippen MR) is 63.9 cm³/mol. The molecule has 1 saturated carbocycles. The van der Waals surface area contributed by atoms with Crippen LogP contribution in [-0.2, 0) is 0 Å². The molecule has 1 atom stereocenters. The van der Waals surface area contributed by atoms with Gasteiger partial charge in [-0.05, 0) is 24.7 Å². The Hall–Kier alpha value is -0.180. The highest BCUT2D eigenvalue weighted by Gasteiger charge is 2.30. The van der Waals surface area contributed by atoms with Gasteiger partial charge < -0.3 is 5.32 Å². The zero-order valence-corrected chi connectivity index (χ0v) is 10.2. The van der Waals surface area contributed by atoms with Crippen LogP contribution in [-0.4, -0.2) is 23.0 Å². The number of amidine groups is 1. The number of hydrogen-bond donors (Lipinski definition) is 1. The van der Waals surface area contributed by atoms with E-state index < -0.39 is 0 Å². The highest BCUT2D eigenvalue weighted by molar-refractivity contribution is 8.14. The predicted octanol–water partition coefficient (Wildman–Crippen LogP) is 2.65. The van der Waals surface area contributed by atoms with E-state index in [1.807, 2.05) is 11.8 Å². The van der Waals surface area contributed by atoms with Crippen LogP contribution in [0.25, 0.3) is 0 Å². The summed E-state index contributed by atoms with van der Waals surface area (Å²) in [6.07, 6.45) is 4.05. The maximum Gasteiger partial charge on any atom is 0.157 e. The van der Waals surface area contributed by atoms with E-state index in [1.165, 1.54) is 24.4 Å². The Morgan fingerprint density at radius 3 is 2.50 bits per heavy atom. The van der Waals surface area contributed by atoms with E-state index in [0.29, 0.717) is 11.5 Å². The van der Waals surface area contributed by atoms with Gasteiger partial charge in [0.15, 0.2) is 5.17 Å². The Labute approximate surface area is 90.9 Å². The van der Waals surface area contributed by atoms with Crippen molar-refractivity contribution in [2.24, 2.45) is 10.4 Å². The van der Waals surface area contributed by atoms with Gasteiger partial charge in [-0.25, -0.2) is 0 Å². The molecule has 0 saturated heterocycles. The van der Waals surface area contributed by atoms with Crippen LogP contribution in [0.15, 0.2) is 4.99 Å². The van der Waals surface area contributed by atoms with Crippen LogP contribution in [0, 0.1) is 5.41 Å². The molecule has 14 heavy (non-hydrogen) atoms. The van der Waals surface area contributed by atoms with Gasteiger partial charge in [0.05, 0.1) is 6.04 Å². The van der Waals surface area contributed by atoms with E-state index in [0.717, 1.165) is 11.8 Å². The van der Waals surface area contributed by atoms with Gasteiger partial charge in [-0.1, -0.05) is 32.5 Å². The molecule has 1 unspecified atom stereocenters. The third-order valence-corrected chi connectivity index (χ3v) is 4.06. The first-order valence-electron chi connectivity index (χ1n) is 5.53. The highest BCUT2D eigenvalue weighted by atomic mass is 32.2. The molecule has 0 amide bonds. The van der Waals surface area contributed by atoms with Gasteiger partial charge in [0.2, 0.25) is 0 Å². The molecule has 0 aromatic heterocycles. The lowest BCUT2D eigenvalue weighted by Crippen LogP contribution is -2.37. The topological polar surface area (TPSA) is 24.4 Å². The zero-order valence-electron chi connectivity index (χ0n) is 9.34. The molecule has 0 bridgehead atoms. The first-order valence-corrected chi connectivity index (χ1v) is 6.51. The highest BCUT2D eigenvalue weighted by Crippen LogP contribution is 2.31. The van der Waals surface area contributed by atoms with E-state index in [-0.39, 0.29) is 0 Å². The summed E-state index contributed by atoms with van der Waals surface area (Å²) in [5.74, 6) is 1.15. The number of aliphatic imine (C=N–C) groups is 1. The number of hydrogen-bond acceptors (Lipinski definition) is 3. The Kier molecular flexibility index (Phi) is 2.78. The summed E-state index contributed by atoms with van der Waals surface area (Å²) in [5, 5.41) is 4.72. The van der Waals surface area contributed by atoms with Gasteiger partial charge in [-0.3, -0.25) is 4.99 Å². The second-order valence-corrected chi connectivity index (χ2v) is 6.41. The SMILES string of the molecule is CC(C)(C)C1CSC(NC2CCC2)=N1. The van der Waals surface area contributed by atoms with Crippen LogP contribution in [0.2, 0.25) is 0 Å². The maximum atomic E-state index is 4.75. The molecule has 1 N–H and O–H groups in total. The summed E-state index contributed by atoms with van der Waals surface area (Å²) in [5.41, 5.74) is 0.316.